The summed E-state index contributed by atoms with van der Waals surface area (Å²) in [6, 6.07) is 8.23. The number of rotatable bonds is 5. The summed E-state index contributed by atoms with van der Waals surface area (Å²) in [5, 5.41) is 7.34. The van der Waals surface area contributed by atoms with Gasteiger partial charge < -0.3 is 9.84 Å². The molecule has 0 aliphatic carbocycles. The van der Waals surface area contributed by atoms with E-state index in [2.05, 4.69) is 45.2 Å². The van der Waals surface area contributed by atoms with Crippen molar-refractivity contribution < 1.29 is 4.52 Å². The molecule has 1 aromatic carbocycles. The van der Waals surface area contributed by atoms with E-state index in [0.717, 1.165) is 16.5 Å². The third kappa shape index (κ3) is 3.22. The molecule has 2 atom stereocenters. The lowest BCUT2D eigenvalue weighted by molar-refractivity contribution is 0.326. The number of benzene rings is 1. The van der Waals surface area contributed by atoms with E-state index >= 15 is 0 Å². The molecule has 0 radical (unpaired) electrons. The molecule has 2 unspecified atom stereocenters. The number of nitrogens with one attached hydrogen (secondary N) is 1. The van der Waals surface area contributed by atoms with Crippen molar-refractivity contribution in [3.8, 4) is 11.4 Å². The minimum Gasteiger partial charge on any atom is -0.339 e. The first-order chi connectivity index (χ1) is 9.15. The van der Waals surface area contributed by atoms with Crippen LogP contribution in [0.25, 0.3) is 11.4 Å². The van der Waals surface area contributed by atoms with Gasteiger partial charge in [0, 0.05) is 16.1 Å². The Morgan fingerprint density at radius 2 is 2.21 bits per heavy atom. The van der Waals surface area contributed by atoms with Crippen molar-refractivity contribution in [3.05, 3.63) is 34.6 Å². The molecule has 0 spiro atoms. The number of hydrogen-bond acceptors (Lipinski definition) is 4. The van der Waals surface area contributed by atoms with Crippen molar-refractivity contribution in [1.82, 2.24) is 15.5 Å². The highest BCUT2D eigenvalue weighted by atomic mass is 79.9. The maximum Gasteiger partial charge on any atom is 0.231 e. The van der Waals surface area contributed by atoms with E-state index in [4.69, 9.17) is 4.52 Å². The lowest BCUT2D eigenvalue weighted by Crippen LogP contribution is -2.30. The van der Waals surface area contributed by atoms with E-state index in [1.54, 1.807) is 0 Å². The number of halogens is 1. The van der Waals surface area contributed by atoms with Gasteiger partial charge in [0.15, 0.2) is 0 Å². The van der Waals surface area contributed by atoms with Gasteiger partial charge in [-0.15, -0.1) is 0 Å². The molecule has 1 N–H and O–H groups in total. The SMILES string of the molecule is CCC(NC)C(C)c1nc(-c2cccc(Br)c2)no1. The summed E-state index contributed by atoms with van der Waals surface area (Å²) in [5.74, 6) is 1.51. The normalized spacial score (nSPS) is 14.3. The molecule has 0 aliphatic rings. The lowest BCUT2D eigenvalue weighted by Gasteiger charge is -2.18. The fourth-order valence-electron chi connectivity index (χ4n) is 2.14. The topological polar surface area (TPSA) is 51.0 Å². The number of aromatic nitrogens is 2. The summed E-state index contributed by atoms with van der Waals surface area (Å²) in [6.07, 6.45) is 1.02. The van der Waals surface area contributed by atoms with E-state index in [0.29, 0.717) is 17.8 Å². The first-order valence-electron chi connectivity index (χ1n) is 6.42. The molecular weight excluding hydrogens is 306 g/mol. The van der Waals surface area contributed by atoms with E-state index in [1.807, 2.05) is 31.3 Å². The van der Waals surface area contributed by atoms with Crippen LogP contribution in [0.1, 0.15) is 32.1 Å². The molecule has 0 saturated heterocycles. The smallest absolute Gasteiger partial charge is 0.231 e. The Labute approximate surface area is 121 Å². The van der Waals surface area contributed by atoms with Gasteiger partial charge in [-0.05, 0) is 25.6 Å². The monoisotopic (exact) mass is 323 g/mol. The van der Waals surface area contributed by atoms with Gasteiger partial charge in [0.1, 0.15) is 0 Å². The van der Waals surface area contributed by atoms with Crippen LogP contribution in [0.2, 0.25) is 0 Å². The second-order valence-electron chi connectivity index (χ2n) is 4.56. The van der Waals surface area contributed by atoms with Crippen LogP contribution in [-0.2, 0) is 0 Å². The maximum absolute atomic E-state index is 5.39. The van der Waals surface area contributed by atoms with Gasteiger partial charge >= 0.3 is 0 Å². The Bertz CT molecular complexity index is 537. The molecule has 0 aliphatic heterocycles. The van der Waals surface area contributed by atoms with Gasteiger partial charge in [0.25, 0.3) is 0 Å². The van der Waals surface area contributed by atoms with E-state index < -0.39 is 0 Å². The van der Waals surface area contributed by atoms with Gasteiger partial charge in [-0.2, -0.15) is 4.98 Å². The molecule has 102 valence electrons. The largest absolute Gasteiger partial charge is 0.339 e. The van der Waals surface area contributed by atoms with Gasteiger partial charge in [0.2, 0.25) is 11.7 Å². The molecule has 0 bridgehead atoms. The molecule has 2 rings (SSSR count). The van der Waals surface area contributed by atoms with E-state index in [1.165, 1.54) is 0 Å². The number of nitrogens with zero attached hydrogens (tertiary/aromatic N) is 2. The Morgan fingerprint density at radius 3 is 2.84 bits per heavy atom. The minimum absolute atomic E-state index is 0.198. The Kier molecular flexibility index (Phi) is 4.71. The predicted molar refractivity (Wildman–Crippen MR) is 79.0 cm³/mol. The van der Waals surface area contributed by atoms with E-state index in [-0.39, 0.29) is 5.92 Å². The number of likely N-dealkylation sites (N-methyl/N-ethyl adjacent to an activating group) is 1. The van der Waals surface area contributed by atoms with Gasteiger partial charge in [-0.3, -0.25) is 0 Å². The Balaban J connectivity index is 2.24. The van der Waals surface area contributed by atoms with Crippen LogP contribution in [0, 0.1) is 0 Å². The average Bonchev–Trinajstić information content (AvgIpc) is 2.89. The van der Waals surface area contributed by atoms with Gasteiger partial charge in [0.05, 0.1) is 5.92 Å². The average molecular weight is 324 g/mol. The minimum atomic E-state index is 0.198. The highest BCUT2D eigenvalue weighted by Crippen LogP contribution is 2.24. The van der Waals surface area contributed by atoms with Crippen molar-refractivity contribution in [2.45, 2.75) is 32.2 Å². The summed E-state index contributed by atoms with van der Waals surface area (Å²) < 4.78 is 6.39. The fraction of sp³-hybridized carbons (Fsp3) is 0.429. The summed E-state index contributed by atoms with van der Waals surface area (Å²) in [5.41, 5.74) is 0.953. The molecule has 0 amide bonds. The summed E-state index contributed by atoms with van der Waals surface area (Å²) >= 11 is 3.44. The second-order valence-corrected chi connectivity index (χ2v) is 5.47. The molecule has 0 fully saturated rings. The molecule has 1 heterocycles. The molecule has 2 aromatic rings. The molecule has 1 aromatic heterocycles. The lowest BCUT2D eigenvalue weighted by atomic mass is 10.00. The van der Waals surface area contributed by atoms with Crippen LogP contribution in [0.4, 0.5) is 0 Å². The molecule has 0 saturated carbocycles. The highest BCUT2D eigenvalue weighted by molar-refractivity contribution is 9.10. The zero-order valence-corrected chi connectivity index (χ0v) is 12.9. The van der Waals surface area contributed by atoms with Crippen molar-refractivity contribution in [2.24, 2.45) is 0 Å². The second kappa shape index (κ2) is 6.30. The Hall–Kier alpha value is -1.20. The van der Waals surface area contributed by atoms with Crippen LogP contribution >= 0.6 is 15.9 Å². The zero-order valence-electron chi connectivity index (χ0n) is 11.4. The third-order valence-corrected chi connectivity index (χ3v) is 3.82. The van der Waals surface area contributed by atoms with E-state index in [9.17, 15) is 0 Å². The Morgan fingerprint density at radius 1 is 1.42 bits per heavy atom. The van der Waals surface area contributed by atoms with Crippen molar-refractivity contribution in [3.63, 3.8) is 0 Å². The number of hydrogen-bond donors (Lipinski definition) is 1. The molecule has 5 heteroatoms. The van der Waals surface area contributed by atoms with Crippen molar-refractivity contribution in [1.29, 1.82) is 0 Å². The molecular formula is C14H18BrN3O. The van der Waals surface area contributed by atoms with Crippen molar-refractivity contribution in [2.75, 3.05) is 7.05 Å². The standard InChI is InChI=1S/C14H18BrN3O/c1-4-12(16-3)9(2)14-17-13(18-19-14)10-6-5-7-11(15)8-10/h5-9,12,16H,4H2,1-3H3. The zero-order chi connectivity index (χ0) is 13.8. The summed E-state index contributed by atoms with van der Waals surface area (Å²) in [4.78, 5) is 4.50. The van der Waals surface area contributed by atoms with Gasteiger partial charge in [-0.1, -0.05) is 47.1 Å². The molecule has 19 heavy (non-hydrogen) atoms. The highest BCUT2D eigenvalue weighted by Gasteiger charge is 2.21. The van der Waals surface area contributed by atoms with Crippen LogP contribution in [0.15, 0.2) is 33.3 Å². The predicted octanol–water partition coefficient (Wildman–Crippen LogP) is 3.60. The first kappa shape index (κ1) is 14.2. The van der Waals surface area contributed by atoms with Crippen molar-refractivity contribution >= 4 is 15.9 Å². The molecule has 4 nitrogen and oxygen atoms in total. The van der Waals surface area contributed by atoms with Crippen LogP contribution in [0.5, 0.6) is 0 Å². The van der Waals surface area contributed by atoms with Crippen LogP contribution in [0.3, 0.4) is 0 Å². The summed E-state index contributed by atoms with van der Waals surface area (Å²) in [7, 11) is 1.95. The van der Waals surface area contributed by atoms with Crippen LogP contribution in [-0.4, -0.2) is 23.2 Å². The van der Waals surface area contributed by atoms with Gasteiger partial charge in [-0.25, -0.2) is 0 Å². The maximum atomic E-state index is 5.39. The van der Waals surface area contributed by atoms with Crippen LogP contribution < -0.4 is 5.32 Å². The fourth-order valence-corrected chi connectivity index (χ4v) is 2.54. The third-order valence-electron chi connectivity index (χ3n) is 3.33. The summed E-state index contributed by atoms with van der Waals surface area (Å²) in [6.45, 7) is 4.24. The quantitative estimate of drug-likeness (QED) is 0.913. The first-order valence-corrected chi connectivity index (χ1v) is 7.21.